The van der Waals surface area contributed by atoms with Crippen molar-refractivity contribution >= 4 is 11.7 Å². The first-order valence-corrected chi connectivity index (χ1v) is 6.64. The Morgan fingerprint density at radius 1 is 1.15 bits per heavy atom. The minimum atomic E-state index is -0.909. The third kappa shape index (κ3) is 3.18. The maximum absolute atomic E-state index is 11.0. The Kier molecular flexibility index (Phi) is 4.08. The smallest absolute Gasteiger partial charge is 0.335 e. The standard InChI is InChI=1S/C17H19NO2/c1-11-7-8-12(2)16(9-11)13(3)18-15-6-4-5-14(10-15)17(19)20/h4-10,13,18H,1-3H3,(H,19,20). The third-order valence-corrected chi connectivity index (χ3v) is 3.39. The van der Waals surface area contributed by atoms with Crippen LogP contribution in [-0.2, 0) is 0 Å². The molecule has 3 nitrogen and oxygen atoms in total. The van der Waals surface area contributed by atoms with E-state index >= 15 is 0 Å². The van der Waals surface area contributed by atoms with Crippen LogP contribution < -0.4 is 5.32 Å². The van der Waals surface area contributed by atoms with Crippen molar-refractivity contribution in [2.24, 2.45) is 0 Å². The molecule has 0 radical (unpaired) electrons. The average Bonchev–Trinajstić information content (AvgIpc) is 2.41. The number of nitrogens with one attached hydrogen (secondary N) is 1. The SMILES string of the molecule is Cc1ccc(C)c(C(C)Nc2cccc(C(=O)O)c2)c1. The van der Waals surface area contributed by atoms with Gasteiger partial charge in [0.1, 0.15) is 0 Å². The van der Waals surface area contributed by atoms with Crippen LogP contribution in [0.15, 0.2) is 42.5 Å². The largest absolute Gasteiger partial charge is 0.478 e. The number of benzene rings is 2. The van der Waals surface area contributed by atoms with E-state index in [1.165, 1.54) is 16.7 Å². The number of aromatic carboxylic acids is 1. The zero-order chi connectivity index (χ0) is 14.7. The van der Waals surface area contributed by atoms with Crippen LogP contribution in [0.4, 0.5) is 5.69 Å². The van der Waals surface area contributed by atoms with Crippen LogP contribution in [0.3, 0.4) is 0 Å². The van der Waals surface area contributed by atoms with E-state index in [0.29, 0.717) is 5.56 Å². The molecule has 0 spiro atoms. The summed E-state index contributed by atoms with van der Waals surface area (Å²) in [6.07, 6.45) is 0. The van der Waals surface area contributed by atoms with Crippen LogP contribution >= 0.6 is 0 Å². The van der Waals surface area contributed by atoms with Gasteiger partial charge in [-0.15, -0.1) is 0 Å². The van der Waals surface area contributed by atoms with Gasteiger partial charge in [-0.1, -0.05) is 29.8 Å². The molecule has 2 aromatic carbocycles. The Balaban J connectivity index is 2.23. The minimum Gasteiger partial charge on any atom is -0.478 e. The lowest BCUT2D eigenvalue weighted by atomic mass is 9.99. The maximum atomic E-state index is 11.0. The van der Waals surface area contributed by atoms with Gasteiger partial charge < -0.3 is 10.4 Å². The first kappa shape index (κ1) is 14.1. The van der Waals surface area contributed by atoms with Crippen LogP contribution in [0.1, 0.15) is 40.0 Å². The molecule has 1 atom stereocenters. The van der Waals surface area contributed by atoms with Crippen LogP contribution in [0.5, 0.6) is 0 Å². The minimum absolute atomic E-state index is 0.124. The van der Waals surface area contributed by atoms with E-state index < -0.39 is 5.97 Å². The van der Waals surface area contributed by atoms with Crippen LogP contribution in [0.25, 0.3) is 0 Å². The molecule has 0 fully saturated rings. The van der Waals surface area contributed by atoms with Crippen LogP contribution in [0, 0.1) is 13.8 Å². The molecule has 0 heterocycles. The molecule has 0 aromatic heterocycles. The van der Waals surface area contributed by atoms with Crippen molar-refractivity contribution in [3.05, 3.63) is 64.7 Å². The quantitative estimate of drug-likeness (QED) is 0.875. The fraction of sp³-hybridized carbons (Fsp3) is 0.235. The van der Waals surface area contributed by atoms with E-state index in [2.05, 4.69) is 44.3 Å². The van der Waals surface area contributed by atoms with E-state index in [-0.39, 0.29) is 6.04 Å². The average molecular weight is 269 g/mol. The molecule has 104 valence electrons. The second-order valence-corrected chi connectivity index (χ2v) is 5.11. The Bertz CT molecular complexity index is 635. The molecule has 0 aliphatic carbocycles. The van der Waals surface area contributed by atoms with Gasteiger partial charge in [-0.3, -0.25) is 0 Å². The molecule has 1 unspecified atom stereocenters. The second-order valence-electron chi connectivity index (χ2n) is 5.11. The highest BCUT2D eigenvalue weighted by Gasteiger charge is 2.10. The van der Waals surface area contributed by atoms with Crippen molar-refractivity contribution in [2.45, 2.75) is 26.8 Å². The lowest BCUT2D eigenvalue weighted by Crippen LogP contribution is -2.09. The van der Waals surface area contributed by atoms with Crippen molar-refractivity contribution in [1.29, 1.82) is 0 Å². The molecule has 0 aliphatic rings. The van der Waals surface area contributed by atoms with E-state index in [9.17, 15) is 4.79 Å². The highest BCUT2D eigenvalue weighted by Crippen LogP contribution is 2.23. The highest BCUT2D eigenvalue weighted by atomic mass is 16.4. The number of aryl methyl sites for hydroxylation is 2. The zero-order valence-electron chi connectivity index (χ0n) is 12.0. The summed E-state index contributed by atoms with van der Waals surface area (Å²) in [6, 6.07) is 13.4. The van der Waals surface area contributed by atoms with Crippen LogP contribution in [0.2, 0.25) is 0 Å². The maximum Gasteiger partial charge on any atom is 0.335 e. The van der Waals surface area contributed by atoms with Gasteiger partial charge in [-0.25, -0.2) is 4.79 Å². The zero-order valence-corrected chi connectivity index (χ0v) is 12.0. The fourth-order valence-electron chi connectivity index (χ4n) is 2.30. The normalized spacial score (nSPS) is 11.9. The number of hydrogen-bond donors (Lipinski definition) is 2. The van der Waals surface area contributed by atoms with E-state index in [1.807, 2.05) is 6.07 Å². The number of carboxylic acids is 1. The van der Waals surface area contributed by atoms with Gasteiger partial charge in [-0.2, -0.15) is 0 Å². The number of carbonyl (C=O) groups is 1. The van der Waals surface area contributed by atoms with Gasteiger partial charge in [0.25, 0.3) is 0 Å². The summed E-state index contributed by atoms with van der Waals surface area (Å²) in [5.41, 5.74) is 4.79. The summed E-state index contributed by atoms with van der Waals surface area (Å²) >= 11 is 0. The van der Waals surface area contributed by atoms with E-state index in [1.54, 1.807) is 18.2 Å². The molecule has 3 heteroatoms. The number of hydrogen-bond acceptors (Lipinski definition) is 2. The monoisotopic (exact) mass is 269 g/mol. The van der Waals surface area contributed by atoms with E-state index in [4.69, 9.17) is 5.11 Å². The Morgan fingerprint density at radius 2 is 1.90 bits per heavy atom. The summed E-state index contributed by atoms with van der Waals surface area (Å²) in [5, 5.41) is 12.4. The third-order valence-electron chi connectivity index (χ3n) is 3.39. The molecule has 2 aromatic rings. The van der Waals surface area contributed by atoms with E-state index in [0.717, 1.165) is 5.69 Å². The summed E-state index contributed by atoms with van der Waals surface area (Å²) in [5.74, 6) is -0.909. The van der Waals surface area contributed by atoms with Gasteiger partial charge in [0, 0.05) is 11.7 Å². The molecule has 0 amide bonds. The summed E-state index contributed by atoms with van der Waals surface area (Å²) < 4.78 is 0. The number of anilines is 1. The van der Waals surface area contributed by atoms with Gasteiger partial charge in [0.15, 0.2) is 0 Å². The number of rotatable bonds is 4. The Morgan fingerprint density at radius 3 is 2.60 bits per heavy atom. The molecular formula is C17H19NO2. The Labute approximate surface area is 119 Å². The second kappa shape index (κ2) is 5.78. The van der Waals surface area contributed by atoms with Crippen molar-refractivity contribution in [2.75, 3.05) is 5.32 Å². The first-order chi connectivity index (χ1) is 9.47. The van der Waals surface area contributed by atoms with Crippen molar-refractivity contribution in [3.8, 4) is 0 Å². The topological polar surface area (TPSA) is 49.3 Å². The van der Waals surface area contributed by atoms with Crippen molar-refractivity contribution < 1.29 is 9.90 Å². The molecule has 0 saturated carbocycles. The molecular weight excluding hydrogens is 250 g/mol. The van der Waals surface area contributed by atoms with Crippen molar-refractivity contribution in [3.63, 3.8) is 0 Å². The fourth-order valence-corrected chi connectivity index (χ4v) is 2.30. The number of carboxylic acid groups (broad SMARTS) is 1. The molecule has 0 saturated heterocycles. The molecule has 20 heavy (non-hydrogen) atoms. The summed E-state index contributed by atoms with van der Waals surface area (Å²) in [7, 11) is 0. The van der Waals surface area contributed by atoms with Crippen LogP contribution in [-0.4, -0.2) is 11.1 Å². The molecule has 2 rings (SSSR count). The van der Waals surface area contributed by atoms with Gasteiger partial charge in [0.2, 0.25) is 0 Å². The summed E-state index contributed by atoms with van der Waals surface area (Å²) in [4.78, 5) is 11.0. The molecule has 0 aliphatic heterocycles. The Hall–Kier alpha value is -2.29. The summed E-state index contributed by atoms with van der Waals surface area (Å²) in [6.45, 7) is 6.23. The van der Waals surface area contributed by atoms with Crippen molar-refractivity contribution in [1.82, 2.24) is 0 Å². The first-order valence-electron chi connectivity index (χ1n) is 6.64. The molecule has 0 bridgehead atoms. The van der Waals surface area contributed by atoms with Gasteiger partial charge >= 0.3 is 5.97 Å². The lowest BCUT2D eigenvalue weighted by Gasteiger charge is -2.18. The van der Waals surface area contributed by atoms with Gasteiger partial charge in [-0.05, 0) is 50.1 Å². The van der Waals surface area contributed by atoms with Gasteiger partial charge in [0.05, 0.1) is 5.56 Å². The predicted octanol–water partition coefficient (Wildman–Crippen LogP) is 4.17. The molecule has 2 N–H and O–H groups in total. The predicted molar refractivity (Wildman–Crippen MR) is 81.4 cm³/mol. The lowest BCUT2D eigenvalue weighted by molar-refractivity contribution is 0.0697. The highest BCUT2D eigenvalue weighted by molar-refractivity contribution is 5.88.